The minimum absolute atomic E-state index is 0.149. The quantitative estimate of drug-likeness (QED) is 0.0571. The summed E-state index contributed by atoms with van der Waals surface area (Å²) < 4.78 is 52.9. The summed E-state index contributed by atoms with van der Waals surface area (Å²) in [6, 6.07) is 38.4. The first-order valence-electron chi connectivity index (χ1n) is 16.9. The van der Waals surface area contributed by atoms with E-state index in [-0.39, 0.29) is 11.4 Å². The highest BCUT2D eigenvalue weighted by Crippen LogP contribution is 2.45. The summed E-state index contributed by atoms with van der Waals surface area (Å²) in [5, 5.41) is 16.9. The van der Waals surface area contributed by atoms with E-state index >= 15 is 0 Å². The lowest BCUT2D eigenvalue weighted by atomic mass is 10.1. The molecular weight excluding hydrogens is 713 g/mol. The zero-order valence-electron chi connectivity index (χ0n) is 28.5. The highest BCUT2D eigenvalue weighted by atomic mass is 32.2. The summed E-state index contributed by atoms with van der Waals surface area (Å²) >= 11 is 0.907. The van der Waals surface area contributed by atoms with Crippen LogP contribution in [0, 0.1) is 0 Å². The van der Waals surface area contributed by atoms with Crippen LogP contribution in [0.4, 0.5) is 11.4 Å². The number of anilines is 2. The van der Waals surface area contributed by atoms with E-state index < -0.39 is 16.3 Å². The van der Waals surface area contributed by atoms with Gasteiger partial charge in [-0.3, -0.25) is 4.55 Å². The number of benzene rings is 6. The molecule has 1 atom stereocenters. The monoisotopic (exact) mass is 746 g/mol. The molecule has 2 heterocycles. The number of hydrogen-bond donors (Lipinski definition) is 2. The fourth-order valence-electron chi connectivity index (χ4n) is 6.83. The molecule has 0 aliphatic carbocycles. The van der Waals surface area contributed by atoms with Gasteiger partial charge in [0.2, 0.25) is 5.88 Å². The molecule has 0 radical (unpaired) electrons. The maximum absolute atomic E-state index is 12.4. The van der Waals surface area contributed by atoms with Crippen LogP contribution in [0.1, 0.15) is 24.5 Å². The molecule has 268 valence electrons. The topological polar surface area (TPSA) is 118 Å². The summed E-state index contributed by atoms with van der Waals surface area (Å²) in [5.74, 6) is 1.98. The van der Waals surface area contributed by atoms with Gasteiger partial charge in [-0.2, -0.15) is 8.42 Å². The van der Waals surface area contributed by atoms with E-state index in [2.05, 4.69) is 29.0 Å². The van der Waals surface area contributed by atoms with Crippen molar-refractivity contribution in [1.29, 1.82) is 0 Å². The third kappa shape index (κ3) is 7.08. The van der Waals surface area contributed by atoms with Gasteiger partial charge in [0.15, 0.2) is 12.0 Å². The summed E-state index contributed by atoms with van der Waals surface area (Å²) in [6.07, 6.45) is 4.03. The van der Waals surface area contributed by atoms with Crippen molar-refractivity contribution in [2.24, 2.45) is 0 Å². The van der Waals surface area contributed by atoms with Crippen LogP contribution in [0.3, 0.4) is 0 Å². The van der Waals surface area contributed by atoms with E-state index in [4.69, 9.17) is 19.1 Å². The van der Waals surface area contributed by atoms with Gasteiger partial charge >= 0.3 is 0 Å². The third-order valence-electron chi connectivity index (χ3n) is 9.41. The summed E-state index contributed by atoms with van der Waals surface area (Å²) in [6.45, 7) is 2.63. The van der Waals surface area contributed by atoms with E-state index in [0.29, 0.717) is 35.9 Å². The largest absolute Gasteiger partial charge is 0.465 e. The van der Waals surface area contributed by atoms with E-state index in [1.165, 1.54) is 6.07 Å². The average Bonchev–Trinajstić information content (AvgIpc) is 3.66. The van der Waals surface area contributed by atoms with Gasteiger partial charge in [-0.1, -0.05) is 96.9 Å². The molecule has 8 rings (SSSR count). The van der Waals surface area contributed by atoms with Crippen molar-refractivity contribution < 1.29 is 37.1 Å². The molecule has 10 nitrogen and oxygen atoms in total. The van der Waals surface area contributed by atoms with Crippen molar-refractivity contribution in [3.8, 4) is 11.5 Å². The summed E-state index contributed by atoms with van der Waals surface area (Å²) in [5.41, 5.74) is 3.97. The molecular formula is C41H34N2O8S2. The van der Waals surface area contributed by atoms with Gasteiger partial charge in [-0.05, 0) is 87.1 Å². The van der Waals surface area contributed by atoms with Crippen LogP contribution in [0.5, 0.6) is 11.5 Å². The third-order valence-corrected chi connectivity index (χ3v) is 11.1. The van der Waals surface area contributed by atoms with Gasteiger partial charge < -0.3 is 19.3 Å². The minimum atomic E-state index is -4.47. The molecule has 0 aromatic heterocycles. The molecule has 0 saturated carbocycles. The van der Waals surface area contributed by atoms with E-state index in [1.54, 1.807) is 18.2 Å². The fraction of sp³-hybridized carbons (Fsp3) is 0.122. The molecule has 2 aliphatic heterocycles. The molecule has 2 aliphatic rings. The molecule has 0 spiro atoms. The highest BCUT2D eigenvalue weighted by molar-refractivity contribution is 7.94. The molecule has 12 heteroatoms. The first-order valence-corrected chi connectivity index (χ1v) is 19.1. The van der Waals surface area contributed by atoms with Gasteiger partial charge in [0.25, 0.3) is 10.1 Å². The second-order valence-electron chi connectivity index (χ2n) is 12.7. The molecule has 53 heavy (non-hydrogen) atoms. The number of fused-ring (bicyclic) bond motifs is 4. The molecule has 0 fully saturated rings. The maximum atomic E-state index is 12.4. The Kier molecular flexibility index (Phi) is 9.56. The van der Waals surface area contributed by atoms with Gasteiger partial charge in [-0.15, -0.1) is 4.33 Å². The fourth-order valence-corrected chi connectivity index (χ4v) is 8.02. The van der Waals surface area contributed by atoms with Crippen LogP contribution in [0.15, 0.2) is 155 Å². The van der Waals surface area contributed by atoms with Gasteiger partial charge in [0.1, 0.15) is 5.75 Å². The number of hydrogen-bond acceptors (Lipinski definition) is 10. The van der Waals surface area contributed by atoms with E-state index in [1.807, 2.05) is 102 Å². The average molecular weight is 747 g/mol. The highest BCUT2D eigenvalue weighted by Gasteiger charge is 2.33. The number of nitrogens with zero attached hydrogens (tertiary/aromatic N) is 2. The zero-order valence-corrected chi connectivity index (χ0v) is 30.1. The number of ether oxygens (including phenoxy) is 2. The van der Waals surface area contributed by atoms with Gasteiger partial charge in [0, 0.05) is 17.5 Å². The summed E-state index contributed by atoms with van der Waals surface area (Å²) in [7, 11) is -4.47. The van der Waals surface area contributed by atoms with Crippen molar-refractivity contribution >= 4 is 55.1 Å². The minimum Gasteiger partial charge on any atom is -0.465 e. The molecule has 0 bridgehead atoms. The normalized spacial score (nSPS) is 16.2. The predicted octanol–water partition coefficient (Wildman–Crippen LogP) is 9.67. The Balaban J connectivity index is 1.20. The lowest BCUT2D eigenvalue weighted by Gasteiger charge is -2.25. The van der Waals surface area contributed by atoms with Crippen LogP contribution in [0.2, 0.25) is 0 Å². The SMILES string of the molecule is CCC(=CC1Oc2cc3ccccc3cc2N1Cc1ccccc1S(=O)(=O)O)C=C1Oc2cc3ccccc3cc2N1Cc1ccccc1SOOO. The molecule has 0 amide bonds. The van der Waals surface area contributed by atoms with Gasteiger partial charge in [0.05, 0.1) is 34.9 Å². The Morgan fingerprint density at radius 2 is 1.40 bits per heavy atom. The number of rotatable bonds is 11. The van der Waals surface area contributed by atoms with E-state index in [0.717, 1.165) is 61.0 Å². The first kappa shape index (κ1) is 34.7. The molecule has 1 unspecified atom stereocenters. The number of allylic oxidation sites excluding steroid dienone is 2. The molecule has 2 N–H and O–H groups in total. The van der Waals surface area contributed by atoms with Gasteiger partial charge in [-0.25, -0.2) is 5.26 Å². The standard InChI is InChI=1S/C41H34N2O8S2/c1-2-27(19-40-42(25-32-15-7-9-17-38(32)52-51-50-44)34-21-28-11-3-5-13-30(28)23-36(34)48-40)20-41-43(26-33-16-8-10-18-39(33)53(45,46)47)35-22-29-12-4-6-14-31(29)24-37(35)49-41/h3-24,41,44H,2,25-26H2,1H3,(H,45,46,47). The Morgan fingerprint density at radius 1 is 0.792 bits per heavy atom. The van der Waals surface area contributed by atoms with Crippen LogP contribution in [0.25, 0.3) is 21.5 Å². The Labute approximate surface area is 310 Å². The Hall–Kier alpha value is -5.34. The van der Waals surface area contributed by atoms with Crippen LogP contribution in [-0.2, 0) is 32.6 Å². The Morgan fingerprint density at radius 3 is 2.08 bits per heavy atom. The van der Waals surface area contributed by atoms with Crippen LogP contribution < -0.4 is 19.3 Å². The lowest BCUT2D eigenvalue weighted by Crippen LogP contribution is -2.33. The second-order valence-corrected chi connectivity index (χ2v) is 14.8. The lowest BCUT2D eigenvalue weighted by molar-refractivity contribution is -0.432. The Bertz CT molecular complexity index is 2520. The second kappa shape index (κ2) is 14.6. The molecule has 6 aromatic rings. The van der Waals surface area contributed by atoms with Crippen molar-refractivity contribution in [3.63, 3.8) is 0 Å². The van der Waals surface area contributed by atoms with Crippen molar-refractivity contribution in [1.82, 2.24) is 0 Å². The van der Waals surface area contributed by atoms with Crippen molar-refractivity contribution in [2.45, 2.75) is 42.5 Å². The summed E-state index contributed by atoms with van der Waals surface area (Å²) in [4.78, 5) is 4.71. The van der Waals surface area contributed by atoms with Crippen molar-refractivity contribution in [3.05, 3.63) is 156 Å². The maximum Gasteiger partial charge on any atom is 0.294 e. The zero-order chi connectivity index (χ0) is 36.5. The smallest absolute Gasteiger partial charge is 0.294 e. The predicted molar refractivity (Wildman–Crippen MR) is 205 cm³/mol. The first-order chi connectivity index (χ1) is 25.8. The van der Waals surface area contributed by atoms with Crippen molar-refractivity contribution in [2.75, 3.05) is 9.80 Å². The molecule has 0 saturated heterocycles. The van der Waals surface area contributed by atoms with Crippen LogP contribution >= 0.6 is 12.0 Å². The van der Waals surface area contributed by atoms with E-state index in [9.17, 15) is 13.0 Å². The van der Waals surface area contributed by atoms with Crippen LogP contribution in [-0.4, -0.2) is 24.5 Å². The molecule has 6 aromatic carbocycles.